The van der Waals surface area contributed by atoms with E-state index >= 15 is 0 Å². The molecule has 0 amide bonds. The van der Waals surface area contributed by atoms with Gasteiger partial charge >= 0.3 is 17.9 Å². The van der Waals surface area contributed by atoms with Gasteiger partial charge in [-0.1, -0.05) is 42.5 Å². The first-order chi connectivity index (χ1) is 14.0. The molecule has 0 radical (unpaired) electrons. The number of hydrogen-bond acceptors (Lipinski definition) is 5. The summed E-state index contributed by atoms with van der Waals surface area (Å²) < 4.78 is 10.7. The third kappa shape index (κ3) is 3.82. The molecule has 6 nitrogen and oxygen atoms in total. The molecule has 1 aliphatic carbocycles. The molecule has 0 aliphatic heterocycles. The highest BCUT2D eigenvalue weighted by Crippen LogP contribution is 2.39. The van der Waals surface area contributed by atoms with Crippen molar-refractivity contribution in [1.82, 2.24) is 0 Å². The number of carboxylic acid groups (broad SMARTS) is 1. The minimum atomic E-state index is -1.72. The van der Waals surface area contributed by atoms with Gasteiger partial charge in [-0.05, 0) is 53.6 Å². The van der Waals surface area contributed by atoms with Crippen LogP contribution < -0.4 is 9.47 Å². The molecule has 0 fully saturated rings. The Morgan fingerprint density at radius 1 is 0.897 bits per heavy atom. The lowest BCUT2D eigenvalue weighted by Crippen LogP contribution is -2.23. The van der Waals surface area contributed by atoms with E-state index in [4.69, 9.17) is 14.6 Å². The number of carboxylic acids is 1. The molecule has 1 atom stereocenters. The quantitative estimate of drug-likeness (QED) is 0.236. The van der Waals surface area contributed by atoms with E-state index in [0.717, 1.165) is 22.6 Å². The van der Waals surface area contributed by atoms with E-state index in [1.165, 1.54) is 6.07 Å². The number of allylic oxidation sites excluding steroid dienone is 2. The van der Waals surface area contributed by atoms with Crippen LogP contribution in [0.1, 0.15) is 19.3 Å². The van der Waals surface area contributed by atoms with Crippen molar-refractivity contribution in [3.05, 3.63) is 60.7 Å². The molecule has 0 bridgehead atoms. The van der Waals surface area contributed by atoms with E-state index in [1.807, 2.05) is 48.6 Å². The summed E-state index contributed by atoms with van der Waals surface area (Å²) in [6, 6.07) is 14.6. The van der Waals surface area contributed by atoms with Gasteiger partial charge in [-0.3, -0.25) is 4.79 Å². The Labute approximate surface area is 166 Å². The summed E-state index contributed by atoms with van der Waals surface area (Å²) in [6.07, 6.45) is 6.01. The van der Waals surface area contributed by atoms with E-state index in [0.29, 0.717) is 18.2 Å². The topological polar surface area (TPSA) is 89.9 Å². The van der Waals surface area contributed by atoms with Gasteiger partial charge in [0.25, 0.3) is 0 Å². The van der Waals surface area contributed by atoms with Crippen LogP contribution in [0.3, 0.4) is 0 Å². The molecule has 0 aromatic heterocycles. The zero-order valence-electron chi connectivity index (χ0n) is 15.5. The number of rotatable bonds is 3. The summed E-state index contributed by atoms with van der Waals surface area (Å²) in [5, 5.41) is 12.2. The first-order valence-electron chi connectivity index (χ1n) is 9.30. The van der Waals surface area contributed by atoms with Crippen molar-refractivity contribution in [1.29, 1.82) is 0 Å². The largest absolute Gasteiger partial charge is 0.473 e. The summed E-state index contributed by atoms with van der Waals surface area (Å²) in [4.78, 5) is 35.3. The number of ether oxygens (including phenoxy) is 2. The average Bonchev–Trinajstić information content (AvgIpc) is 2.74. The second-order valence-electron chi connectivity index (χ2n) is 6.91. The van der Waals surface area contributed by atoms with Crippen LogP contribution in [-0.2, 0) is 14.4 Å². The van der Waals surface area contributed by atoms with Crippen molar-refractivity contribution in [3.8, 4) is 11.5 Å². The Morgan fingerprint density at radius 3 is 2.34 bits per heavy atom. The molecule has 29 heavy (non-hydrogen) atoms. The Kier molecular flexibility index (Phi) is 4.99. The van der Waals surface area contributed by atoms with Gasteiger partial charge in [0.2, 0.25) is 0 Å². The van der Waals surface area contributed by atoms with Gasteiger partial charge in [-0.15, -0.1) is 0 Å². The van der Waals surface area contributed by atoms with Crippen LogP contribution in [0.4, 0.5) is 0 Å². The fraction of sp³-hybridized carbons (Fsp3) is 0.174. The third-order valence-corrected chi connectivity index (χ3v) is 4.98. The van der Waals surface area contributed by atoms with Crippen molar-refractivity contribution in [2.24, 2.45) is 5.92 Å². The van der Waals surface area contributed by atoms with E-state index in [9.17, 15) is 14.4 Å². The van der Waals surface area contributed by atoms with Gasteiger partial charge in [-0.25, -0.2) is 9.59 Å². The summed E-state index contributed by atoms with van der Waals surface area (Å²) in [5.74, 6) is -3.93. The second kappa shape index (κ2) is 7.75. The summed E-state index contributed by atoms with van der Waals surface area (Å²) in [7, 11) is 0. The highest BCUT2D eigenvalue weighted by Gasteiger charge is 2.25. The minimum Gasteiger partial charge on any atom is -0.473 e. The smallest absolute Gasteiger partial charge is 0.422 e. The van der Waals surface area contributed by atoms with E-state index in [-0.39, 0.29) is 17.4 Å². The number of fused-ring (bicyclic) bond motifs is 2. The molecule has 1 aliphatic rings. The number of esters is 2. The summed E-state index contributed by atoms with van der Waals surface area (Å²) in [6.45, 7) is 0. The Bertz CT molecular complexity index is 1160. The van der Waals surface area contributed by atoms with Gasteiger partial charge in [-0.2, -0.15) is 0 Å². The molecule has 0 saturated carbocycles. The zero-order valence-corrected chi connectivity index (χ0v) is 15.5. The molecule has 3 aromatic rings. The summed E-state index contributed by atoms with van der Waals surface area (Å²) in [5.41, 5.74) is 0. The Balaban J connectivity index is 1.82. The maximum Gasteiger partial charge on any atom is 0.422 e. The van der Waals surface area contributed by atoms with Crippen LogP contribution in [0.25, 0.3) is 21.5 Å². The van der Waals surface area contributed by atoms with Crippen LogP contribution in [0, 0.1) is 5.92 Å². The van der Waals surface area contributed by atoms with Crippen LogP contribution in [-0.4, -0.2) is 23.0 Å². The first kappa shape index (κ1) is 18.7. The Morgan fingerprint density at radius 2 is 1.66 bits per heavy atom. The lowest BCUT2D eigenvalue weighted by atomic mass is 9.94. The molecule has 4 rings (SSSR count). The predicted octanol–water partition coefficient (Wildman–Crippen LogP) is 4.24. The highest BCUT2D eigenvalue weighted by atomic mass is 16.6. The number of benzene rings is 3. The standard InChI is InChI=1S/C23H18O6/c24-21(25)23(27)28-19-11-10-17-12-15-8-4-5-9-16(15)13-18(17)20(19)29-22(26)14-6-2-1-3-7-14/h1-2,4-5,8-14H,3,6-7H2,(H,24,25). The van der Waals surface area contributed by atoms with Crippen molar-refractivity contribution < 1.29 is 29.0 Å². The molecule has 1 unspecified atom stereocenters. The lowest BCUT2D eigenvalue weighted by Gasteiger charge is -2.18. The second-order valence-corrected chi connectivity index (χ2v) is 6.91. The molecular weight excluding hydrogens is 372 g/mol. The van der Waals surface area contributed by atoms with Crippen LogP contribution in [0.2, 0.25) is 0 Å². The third-order valence-electron chi connectivity index (χ3n) is 4.98. The molecule has 0 heterocycles. The number of aliphatic carboxylic acids is 1. The molecule has 1 N–H and O–H groups in total. The number of carbonyl (C=O) groups excluding carboxylic acids is 2. The van der Waals surface area contributed by atoms with Crippen molar-refractivity contribution >= 4 is 39.5 Å². The lowest BCUT2D eigenvalue weighted by molar-refractivity contribution is -0.158. The normalized spacial score (nSPS) is 15.9. The first-order valence-corrected chi connectivity index (χ1v) is 9.30. The highest BCUT2D eigenvalue weighted by molar-refractivity contribution is 6.29. The maximum atomic E-state index is 12.7. The minimum absolute atomic E-state index is 0.0578. The number of carbonyl (C=O) groups is 3. The van der Waals surface area contributed by atoms with E-state index in [2.05, 4.69) is 0 Å². The van der Waals surface area contributed by atoms with Gasteiger partial charge in [0.15, 0.2) is 11.5 Å². The van der Waals surface area contributed by atoms with Crippen LogP contribution in [0.5, 0.6) is 11.5 Å². The van der Waals surface area contributed by atoms with Crippen molar-refractivity contribution in [3.63, 3.8) is 0 Å². The van der Waals surface area contributed by atoms with E-state index < -0.39 is 17.9 Å². The monoisotopic (exact) mass is 390 g/mol. The Hall–Kier alpha value is -3.67. The van der Waals surface area contributed by atoms with Gasteiger partial charge < -0.3 is 14.6 Å². The van der Waals surface area contributed by atoms with Gasteiger partial charge in [0, 0.05) is 5.39 Å². The zero-order chi connectivity index (χ0) is 20.4. The number of hydrogen-bond donors (Lipinski definition) is 1. The van der Waals surface area contributed by atoms with Gasteiger partial charge in [0.05, 0.1) is 5.92 Å². The van der Waals surface area contributed by atoms with Crippen LogP contribution >= 0.6 is 0 Å². The SMILES string of the molecule is O=C(O)C(=O)Oc1ccc2cc3ccccc3cc2c1OC(=O)C1CC=CCC1. The molecular formula is C23H18O6. The van der Waals surface area contributed by atoms with Crippen molar-refractivity contribution in [2.45, 2.75) is 19.3 Å². The van der Waals surface area contributed by atoms with E-state index in [1.54, 1.807) is 6.07 Å². The molecule has 3 aromatic carbocycles. The van der Waals surface area contributed by atoms with Gasteiger partial charge in [0.1, 0.15) is 0 Å². The van der Waals surface area contributed by atoms with Crippen LogP contribution in [0.15, 0.2) is 60.7 Å². The predicted molar refractivity (Wildman–Crippen MR) is 107 cm³/mol. The molecule has 0 spiro atoms. The fourth-order valence-electron chi connectivity index (χ4n) is 3.49. The average molecular weight is 390 g/mol. The fourth-order valence-corrected chi connectivity index (χ4v) is 3.49. The molecule has 0 saturated heterocycles. The summed E-state index contributed by atoms with van der Waals surface area (Å²) >= 11 is 0. The maximum absolute atomic E-state index is 12.7. The molecule has 6 heteroatoms. The van der Waals surface area contributed by atoms with Crippen molar-refractivity contribution in [2.75, 3.05) is 0 Å². The molecule has 146 valence electrons.